The molecule has 0 aliphatic heterocycles. The molecule has 2 N–H and O–H groups in total. The molecular weight excluding hydrogens is 448 g/mol. The van der Waals surface area contributed by atoms with Crippen molar-refractivity contribution in [3.05, 3.63) is 60.7 Å². The van der Waals surface area contributed by atoms with Gasteiger partial charge in [0.05, 0.1) is 13.2 Å². The summed E-state index contributed by atoms with van der Waals surface area (Å²) in [6, 6.07) is 20.7. The highest BCUT2D eigenvalue weighted by Crippen LogP contribution is 2.40. The Bertz CT molecular complexity index is 1050. The van der Waals surface area contributed by atoms with E-state index < -0.39 is 5.97 Å². The predicted octanol–water partition coefficient (Wildman–Crippen LogP) is 5.21. The third-order valence-corrected chi connectivity index (χ3v) is 7.40. The van der Waals surface area contributed by atoms with Crippen LogP contribution in [0.4, 0.5) is 0 Å². The van der Waals surface area contributed by atoms with Crippen molar-refractivity contribution >= 4 is 17.7 Å². The summed E-state index contributed by atoms with van der Waals surface area (Å²) < 4.78 is 7.47. The summed E-state index contributed by atoms with van der Waals surface area (Å²) in [4.78, 5) is 10.7. The third kappa shape index (κ3) is 6.29. The summed E-state index contributed by atoms with van der Waals surface area (Å²) in [5.74, 6) is 0.643. The molecule has 4 rings (SSSR count). The number of aliphatic hydroxyl groups is 1. The minimum Gasteiger partial charge on any atom is -0.480 e. The van der Waals surface area contributed by atoms with Crippen LogP contribution in [0.15, 0.2) is 65.7 Å². The van der Waals surface area contributed by atoms with Crippen LogP contribution in [0.2, 0.25) is 0 Å². The Morgan fingerprint density at radius 3 is 2.21 bits per heavy atom. The molecule has 1 saturated carbocycles. The number of benzene rings is 2. The molecule has 0 atom stereocenters. The molecule has 7 heteroatoms. The van der Waals surface area contributed by atoms with E-state index in [9.17, 15) is 9.90 Å². The monoisotopic (exact) mass is 480 g/mol. The van der Waals surface area contributed by atoms with Gasteiger partial charge in [-0.05, 0) is 43.1 Å². The molecule has 1 aliphatic carbocycles. The topological polar surface area (TPSA) is 84.6 Å². The zero-order chi connectivity index (χ0) is 23.8. The van der Waals surface area contributed by atoms with Gasteiger partial charge in [0.15, 0.2) is 0 Å². The minimum atomic E-state index is -0.913. The molecule has 6 nitrogen and oxygen atoms in total. The number of rotatable bonds is 11. The van der Waals surface area contributed by atoms with Crippen molar-refractivity contribution in [2.24, 2.45) is 11.8 Å². The zero-order valence-electron chi connectivity index (χ0n) is 19.3. The lowest BCUT2D eigenvalue weighted by Gasteiger charge is -2.28. The van der Waals surface area contributed by atoms with Crippen LogP contribution >= 0.6 is 11.8 Å². The molecule has 180 valence electrons. The van der Waals surface area contributed by atoms with E-state index in [1.807, 2.05) is 24.3 Å². The number of carboxylic acid groups (broad SMARTS) is 1. The van der Waals surface area contributed by atoms with Gasteiger partial charge >= 0.3 is 5.97 Å². The maximum atomic E-state index is 10.7. The number of carbonyl (C=O) groups is 1. The van der Waals surface area contributed by atoms with Gasteiger partial charge < -0.3 is 14.9 Å². The maximum absolute atomic E-state index is 10.7. The fourth-order valence-corrected chi connectivity index (χ4v) is 5.57. The highest BCUT2D eigenvalue weighted by molar-refractivity contribution is 7.99. The SMILES string of the molecule is O=C(O)COC[C@H]1CC[C@H](Cn2nc(-c3ccccc3)c(-c3ccccc3)c2SCCO)CC1. The van der Waals surface area contributed by atoms with Gasteiger partial charge in [0.1, 0.15) is 17.3 Å². The number of hydrogen-bond acceptors (Lipinski definition) is 5. The predicted molar refractivity (Wildman–Crippen MR) is 135 cm³/mol. The number of aliphatic carboxylic acids is 1. The quantitative estimate of drug-likeness (QED) is 0.367. The van der Waals surface area contributed by atoms with Crippen LogP contribution in [-0.4, -0.2) is 51.5 Å². The van der Waals surface area contributed by atoms with Crippen molar-refractivity contribution in [2.75, 3.05) is 25.6 Å². The number of ether oxygens (including phenoxy) is 1. The van der Waals surface area contributed by atoms with E-state index in [4.69, 9.17) is 14.9 Å². The average Bonchev–Trinajstić information content (AvgIpc) is 3.22. The Balaban J connectivity index is 1.57. The third-order valence-electron chi connectivity index (χ3n) is 6.32. The van der Waals surface area contributed by atoms with Crippen molar-refractivity contribution in [3.63, 3.8) is 0 Å². The highest BCUT2D eigenvalue weighted by atomic mass is 32.2. The second kappa shape index (κ2) is 12.2. The lowest BCUT2D eigenvalue weighted by Crippen LogP contribution is -2.23. The normalized spacial score (nSPS) is 18.1. The molecule has 1 heterocycles. The van der Waals surface area contributed by atoms with Crippen molar-refractivity contribution in [3.8, 4) is 22.4 Å². The molecule has 0 radical (unpaired) electrons. The Hall–Kier alpha value is -2.61. The average molecular weight is 481 g/mol. The molecule has 1 fully saturated rings. The van der Waals surface area contributed by atoms with E-state index in [0.29, 0.717) is 24.2 Å². The van der Waals surface area contributed by atoms with Crippen LogP contribution in [0.25, 0.3) is 22.4 Å². The molecule has 1 aliphatic rings. The summed E-state index contributed by atoms with van der Waals surface area (Å²) in [6.45, 7) is 1.26. The number of aromatic nitrogens is 2. The second-order valence-electron chi connectivity index (χ2n) is 8.81. The van der Waals surface area contributed by atoms with Crippen LogP contribution in [0.5, 0.6) is 0 Å². The van der Waals surface area contributed by atoms with Gasteiger partial charge in [0, 0.05) is 23.4 Å². The summed E-state index contributed by atoms with van der Waals surface area (Å²) in [5.41, 5.74) is 4.32. The minimum absolute atomic E-state index is 0.117. The molecule has 0 spiro atoms. The van der Waals surface area contributed by atoms with E-state index in [2.05, 4.69) is 41.1 Å². The fourth-order valence-electron chi connectivity index (χ4n) is 4.66. The fraction of sp³-hybridized carbons (Fsp3) is 0.407. The Kier molecular flexibility index (Phi) is 8.79. The largest absolute Gasteiger partial charge is 0.480 e. The molecule has 3 aromatic rings. The summed E-state index contributed by atoms with van der Waals surface area (Å²) in [5, 5.41) is 24.6. The molecule has 0 bridgehead atoms. The molecule has 0 unspecified atom stereocenters. The second-order valence-corrected chi connectivity index (χ2v) is 9.89. The Morgan fingerprint density at radius 1 is 0.971 bits per heavy atom. The van der Waals surface area contributed by atoms with Crippen molar-refractivity contribution in [1.82, 2.24) is 9.78 Å². The standard InChI is InChI=1S/C27H32N2O4S/c30-15-16-34-27-25(22-7-3-1-4-8-22)26(23-9-5-2-6-10-23)28-29(27)17-20-11-13-21(14-12-20)18-33-19-24(31)32/h1-10,20-21,30H,11-19H2,(H,31,32)/t20-,21-. The van der Waals surface area contributed by atoms with Crippen LogP contribution in [0.3, 0.4) is 0 Å². The summed E-state index contributed by atoms with van der Waals surface area (Å²) in [6.07, 6.45) is 4.24. The molecule has 34 heavy (non-hydrogen) atoms. The number of nitrogens with zero attached hydrogens (tertiary/aromatic N) is 2. The van der Waals surface area contributed by atoms with Gasteiger partial charge in [-0.1, -0.05) is 60.7 Å². The van der Waals surface area contributed by atoms with Gasteiger partial charge in [-0.3, -0.25) is 4.68 Å². The Morgan fingerprint density at radius 2 is 1.59 bits per heavy atom. The lowest BCUT2D eigenvalue weighted by molar-refractivity contribution is -0.142. The molecule has 1 aromatic heterocycles. The number of aliphatic hydroxyl groups excluding tert-OH is 1. The molecule has 0 amide bonds. The number of hydrogen-bond donors (Lipinski definition) is 2. The van der Waals surface area contributed by atoms with Crippen molar-refractivity contribution < 1.29 is 19.7 Å². The van der Waals surface area contributed by atoms with E-state index >= 15 is 0 Å². The van der Waals surface area contributed by atoms with Gasteiger partial charge in [0.25, 0.3) is 0 Å². The first-order valence-corrected chi connectivity index (χ1v) is 12.9. The van der Waals surface area contributed by atoms with Crippen molar-refractivity contribution in [1.29, 1.82) is 0 Å². The highest BCUT2D eigenvalue weighted by Gasteiger charge is 2.26. The first-order valence-electron chi connectivity index (χ1n) is 11.9. The van der Waals surface area contributed by atoms with Gasteiger partial charge in [0.2, 0.25) is 0 Å². The van der Waals surface area contributed by atoms with Crippen LogP contribution < -0.4 is 0 Å². The summed E-state index contributed by atoms with van der Waals surface area (Å²) >= 11 is 1.66. The van der Waals surface area contributed by atoms with E-state index in [0.717, 1.165) is 59.6 Å². The lowest BCUT2D eigenvalue weighted by atomic mass is 9.82. The molecular formula is C27H32N2O4S. The Labute approximate surface area is 205 Å². The number of thioether (sulfide) groups is 1. The maximum Gasteiger partial charge on any atom is 0.329 e. The zero-order valence-corrected chi connectivity index (χ0v) is 20.1. The summed E-state index contributed by atoms with van der Waals surface area (Å²) in [7, 11) is 0. The van der Waals surface area contributed by atoms with Crippen molar-refractivity contribution in [2.45, 2.75) is 37.3 Å². The van der Waals surface area contributed by atoms with Gasteiger partial charge in [-0.25, -0.2) is 4.79 Å². The smallest absolute Gasteiger partial charge is 0.329 e. The van der Waals surface area contributed by atoms with Crippen LogP contribution in [-0.2, 0) is 16.1 Å². The van der Waals surface area contributed by atoms with Gasteiger partial charge in [-0.2, -0.15) is 5.10 Å². The van der Waals surface area contributed by atoms with Crippen LogP contribution in [0, 0.1) is 11.8 Å². The molecule has 2 aromatic carbocycles. The first-order chi connectivity index (χ1) is 16.7. The van der Waals surface area contributed by atoms with E-state index in [-0.39, 0.29) is 13.2 Å². The van der Waals surface area contributed by atoms with E-state index in [1.54, 1.807) is 11.8 Å². The number of carboxylic acids is 1. The van der Waals surface area contributed by atoms with E-state index in [1.165, 1.54) is 0 Å². The van der Waals surface area contributed by atoms with Gasteiger partial charge in [-0.15, -0.1) is 11.8 Å². The first kappa shape index (κ1) is 24.5. The molecule has 0 saturated heterocycles. The van der Waals surface area contributed by atoms with Crippen LogP contribution in [0.1, 0.15) is 25.7 Å².